The Labute approximate surface area is 166 Å². The number of halogens is 1. The maximum atomic E-state index is 6.66. The lowest BCUT2D eigenvalue weighted by Crippen LogP contribution is -2.27. The minimum atomic E-state index is -2.22. The van der Waals surface area contributed by atoms with E-state index in [1.165, 1.54) is 31.5 Å². The summed E-state index contributed by atoms with van der Waals surface area (Å²) >= 11 is 13.2. The zero-order valence-electron chi connectivity index (χ0n) is 13.8. The quantitative estimate of drug-likeness (QED) is 0.360. The summed E-state index contributed by atoms with van der Waals surface area (Å²) in [5.74, 6) is 0. The van der Waals surface area contributed by atoms with Gasteiger partial charge in [0, 0.05) is 36.8 Å². The lowest BCUT2D eigenvalue weighted by molar-refractivity contribution is 1.42. The van der Waals surface area contributed by atoms with E-state index in [9.17, 15) is 0 Å². The molecule has 0 bridgehead atoms. The van der Waals surface area contributed by atoms with Crippen molar-refractivity contribution >= 4 is 66.9 Å². The molecule has 0 aromatic heterocycles. The first-order chi connectivity index (χ1) is 12.0. The number of rotatable bonds is 1. The largest absolute Gasteiger partial charge is 0.0836 e. The van der Waals surface area contributed by atoms with Crippen molar-refractivity contribution < 1.29 is 0 Å². The SMILES string of the molecule is Cc1ccc2c(c1)P(=S)(c1ccccc1Cl)c1cc(C)ccc1SS2. The molecule has 3 aromatic carbocycles. The average molecular weight is 419 g/mol. The van der Waals surface area contributed by atoms with Crippen molar-refractivity contribution in [2.75, 3.05) is 0 Å². The van der Waals surface area contributed by atoms with Gasteiger partial charge in [-0.15, -0.1) is 0 Å². The smallest absolute Gasteiger partial charge is 0.0496 e. The van der Waals surface area contributed by atoms with Crippen LogP contribution in [0.1, 0.15) is 11.1 Å². The van der Waals surface area contributed by atoms with E-state index in [0.717, 1.165) is 10.3 Å². The molecular formula is C20H16ClPS3. The fourth-order valence-electron chi connectivity index (χ4n) is 3.07. The minimum Gasteiger partial charge on any atom is -0.0836 e. The minimum absolute atomic E-state index is 0.766. The van der Waals surface area contributed by atoms with Gasteiger partial charge in [0.15, 0.2) is 0 Å². The molecule has 1 heterocycles. The predicted molar refractivity (Wildman–Crippen MR) is 119 cm³/mol. The van der Waals surface area contributed by atoms with Gasteiger partial charge in [-0.3, -0.25) is 0 Å². The third-order valence-electron chi connectivity index (χ3n) is 4.32. The van der Waals surface area contributed by atoms with Gasteiger partial charge in [0.1, 0.15) is 0 Å². The Kier molecular flexibility index (Phi) is 4.81. The molecule has 3 aromatic rings. The van der Waals surface area contributed by atoms with Gasteiger partial charge in [0.25, 0.3) is 0 Å². The predicted octanol–water partition coefficient (Wildman–Crippen LogP) is 5.83. The van der Waals surface area contributed by atoms with Gasteiger partial charge in [-0.2, -0.15) is 0 Å². The topological polar surface area (TPSA) is 0 Å². The summed E-state index contributed by atoms with van der Waals surface area (Å²) in [6.45, 7) is 4.26. The monoisotopic (exact) mass is 418 g/mol. The number of aryl methyl sites for hydroxylation is 2. The first-order valence-corrected chi connectivity index (χ1v) is 13.3. The van der Waals surface area contributed by atoms with Gasteiger partial charge in [0.05, 0.1) is 0 Å². The van der Waals surface area contributed by atoms with Crippen molar-refractivity contribution in [2.24, 2.45) is 0 Å². The van der Waals surface area contributed by atoms with Crippen LogP contribution in [0, 0.1) is 13.8 Å². The van der Waals surface area contributed by atoms with Crippen LogP contribution in [0.4, 0.5) is 0 Å². The van der Waals surface area contributed by atoms with Crippen LogP contribution in [0.25, 0.3) is 0 Å². The van der Waals surface area contributed by atoms with Crippen LogP contribution in [0.2, 0.25) is 5.02 Å². The Morgan fingerprint density at radius 1 is 0.760 bits per heavy atom. The van der Waals surface area contributed by atoms with Crippen LogP contribution in [-0.2, 0) is 11.8 Å². The molecular weight excluding hydrogens is 403 g/mol. The molecule has 0 fully saturated rings. The van der Waals surface area contributed by atoms with Gasteiger partial charge in [-0.05, 0) is 44.2 Å². The van der Waals surface area contributed by atoms with Crippen LogP contribution in [-0.4, -0.2) is 0 Å². The molecule has 0 saturated carbocycles. The molecule has 0 N–H and O–H groups in total. The fraction of sp³-hybridized carbons (Fsp3) is 0.100. The molecule has 1 aliphatic rings. The zero-order valence-corrected chi connectivity index (χ0v) is 17.9. The number of fused-ring (bicyclic) bond motifs is 2. The highest BCUT2D eigenvalue weighted by molar-refractivity contribution is 8.77. The van der Waals surface area contributed by atoms with E-state index >= 15 is 0 Å². The third kappa shape index (κ3) is 3.01. The number of benzene rings is 3. The summed E-state index contributed by atoms with van der Waals surface area (Å²) in [5.41, 5.74) is 2.48. The van der Waals surface area contributed by atoms with Crippen LogP contribution < -0.4 is 15.9 Å². The van der Waals surface area contributed by atoms with Gasteiger partial charge in [0.2, 0.25) is 0 Å². The Hall–Kier alpha value is -0.700. The van der Waals surface area contributed by atoms with Crippen molar-refractivity contribution in [1.82, 2.24) is 0 Å². The molecule has 5 heteroatoms. The van der Waals surface area contributed by atoms with Crippen molar-refractivity contribution in [3.05, 3.63) is 76.8 Å². The van der Waals surface area contributed by atoms with Gasteiger partial charge in [-0.25, -0.2) is 0 Å². The average Bonchev–Trinajstić information content (AvgIpc) is 2.72. The molecule has 0 saturated heterocycles. The standard InChI is InChI=1S/C20H16ClPS3/c1-13-7-9-19-17(11-13)22(23,16-6-4-3-5-15(16)21)18-12-14(2)8-10-20(18)25-24-19/h3-12H,1-2H3. The molecule has 25 heavy (non-hydrogen) atoms. The van der Waals surface area contributed by atoms with Gasteiger partial charge in [-0.1, -0.05) is 86.5 Å². The van der Waals surface area contributed by atoms with Crippen LogP contribution >= 0.6 is 39.2 Å². The van der Waals surface area contributed by atoms with Crippen LogP contribution in [0.5, 0.6) is 0 Å². The molecule has 126 valence electrons. The van der Waals surface area contributed by atoms with E-state index in [1.807, 2.05) is 18.2 Å². The van der Waals surface area contributed by atoms with Gasteiger partial charge < -0.3 is 0 Å². The summed E-state index contributed by atoms with van der Waals surface area (Å²) in [6.07, 6.45) is 0. The normalized spacial score (nSPS) is 15.2. The molecule has 0 spiro atoms. The zero-order chi connectivity index (χ0) is 17.6. The van der Waals surface area contributed by atoms with E-state index in [2.05, 4.69) is 56.3 Å². The second-order valence-corrected chi connectivity index (χ2v) is 13.1. The molecule has 0 nitrogen and oxygen atoms in total. The lowest BCUT2D eigenvalue weighted by Gasteiger charge is -2.26. The Bertz CT molecular complexity index is 972. The van der Waals surface area contributed by atoms with Crippen LogP contribution in [0.15, 0.2) is 70.5 Å². The number of hydrogen-bond donors (Lipinski definition) is 0. The second-order valence-electron chi connectivity index (χ2n) is 6.17. The van der Waals surface area contributed by atoms with Gasteiger partial charge >= 0.3 is 0 Å². The van der Waals surface area contributed by atoms with E-state index < -0.39 is 6.04 Å². The third-order valence-corrected chi connectivity index (χ3v) is 12.5. The highest BCUT2D eigenvalue weighted by atomic mass is 35.5. The van der Waals surface area contributed by atoms with E-state index in [0.29, 0.717) is 0 Å². The highest BCUT2D eigenvalue weighted by Gasteiger charge is 2.34. The van der Waals surface area contributed by atoms with E-state index in [-0.39, 0.29) is 0 Å². The van der Waals surface area contributed by atoms with Crippen LogP contribution in [0.3, 0.4) is 0 Å². The molecule has 0 radical (unpaired) electrons. The fourth-order valence-corrected chi connectivity index (χ4v) is 12.1. The molecule has 0 aliphatic carbocycles. The molecule has 1 aliphatic heterocycles. The Morgan fingerprint density at radius 3 is 1.80 bits per heavy atom. The van der Waals surface area contributed by atoms with E-state index in [4.69, 9.17) is 23.4 Å². The summed E-state index contributed by atoms with van der Waals surface area (Å²) in [4.78, 5) is 2.51. The molecule has 0 amide bonds. The van der Waals surface area contributed by atoms with Crippen molar-refractivity contribution in [2.45, 2.75) is 23.6 Å². The van der Waals surface area contributed by atoms with Crippen molar-refractivity contribution in [3.8, 4) is 0 Å². The van der Waals surface area contributed by atoms with Crippen molar-refractivity contribution in [1.29, 1.82) is 0 Å². The second kappa shape index (κ2) is 6.79. The molecule has 0 unspecified atom stereocenters. The van der Waals surface area contributed by atoms with E-state index in [1.54, 1.807) is 21.6 Å². The summed E-state index contributed by atoms with van der Waals surface area (Å²) in [7, 11) is 3.61. The Balaban J connectivity index is 2.15. The first-order valence-electron chi connectivity index (χ1n) is 7.92. The Morgan fingerprint density at radius 2 is 1.28 bits per heavy atom. The lowest BCUT2D eigenvalue weighted by atomic mass is 10.2. The number of hydrogen-bond acceptors (Lipinski definition) is 3. The van der Waals surface area contributed by atoms with Crippen molar-refractivity contribution in [3.63, 3.8) is 0 Å². The summed E-state index contributed by atoms with van der Waals surface area (Å²) in [5, 5.41) is 4.38. The summed E-state index contributed by atoms with van der Waals surface area (Å²) < 4.78 is 0. The molecule has 4 rings (SSSR count). The molecule has 0 atom stereocenters. The maximum Gasteiger partial charge on any atom is 0.0496 e. The maximum absolute atomic E-state index is 6.66. The first kappa shape index (κ1) is 17.7. The highest BCUT2D eigenvalue weighted by Crippen LogP contribution is 2.54. The summed E-state index contributed by atoms with van der Waals surface area (Å²) in [6, 6.07) is 19.2.